The fraction of sp³-hybridized carbons (Fsp3) is 0.615. The Morgan fingerprint density at radius 3 is 2.65 bits per heavy atom. The molecular formula is C13H22ClN3O3S3. The number of hydrogen-bond acceptors (Lipinski definition) is 6. The van der Waals surface area contributed by atoms with Gasteiger partial charge in [-0.05, 0) is 18.0 Å². The molecule has 132 valence electrons. The molecule has 1 fully saturated rings. The molecule has 2 N–H and O–H groups in total. The van der Waals surface area contributed by atoms with Crippen LogP contribution in [0.3, 0.4) is 0 Å². The highest BCUT2D eigenvalue weighted by atomic mass is 35.5. The molecular weight excluding hydrogens is 378 g/mol. The van der Waals surface area contributed by atoms with Crippen LogP contribution in [0.4, 0.5) is 0 Å². The van der Waals surface area contributed by atoms with Crippen molar-refractivity contribution in [3.8, 4) is 0 Å². The monoisotopic (exact) mass is 399 g/mol. The van der Waals surface area contributed by atoms with Gasteiger partial charge in [-0.25, -0.2) is 8.42 Å². The van der Waals surface area contributed by atoms with Crippen molar-refractivity contribution in [2.75, 3.05) is 44.2 Å². The fourth-order valence-electron chi connectivity index (χ4n) is 2.11. The number of halogens is 1. The third-order valence-corrected chi connectivity index (χ3v) is 7.19. The third kappa shape index (κ3) is 5.33. The second kappa shape index (κ2) is 9.85. The van der Waals surface area contributed by atoms with E-state index >= 15 is 0 Å². The van der Waals surface area contributed by atoms with Crippen LogP contribution in [-0.2, 0) is 10.0 Å². The van der Waals surface area contributed by atoms with E-state index in [1.165, 1.54) is 21.7 Å². The van der Waals surface area contributed by atoms with E-state index in [2.05, 4.69) is 10.6 Å². The second-order valence-electron chi connectivity index (χ2n) is 4.74. The average molecular weight is 400 g/mol. The SMILES string of the molecule is CCNCCNC(=O)c1sccc1S(=O)(=O)N1CCSCC1.Cl. The van der Waals surface area contributed by atoms with Crippen LogP contribution < -0.4 is 10.6 Å². The molecule has 0 aliphatic carbocycles. The molecule has 0 unspecified atom stereocenters. The van der Waals surface area contributed by atoms with Crippen molar-refractivity contribution in [3.05, 3.63) is 16.3 Å². The standard InChI is InChI=1S/C13H21N3O3S3.ClH/c1-2-14-4-5-15-13(17)12-11(3-8-21-12)22(18,19)16-6-9-20-10-7-16;/h3,8,14H,2,4-7,9-10H2,1H3,(H,15,17);1H. The van der Waals surface area contributed by atoms with Crippen LogP contribution in [0.5, 0.6) is 0 Å². The normalized spacial score (nSPS) is 15.9. The lowest BCUT2D eigenvalue weighted by atomic mass is 10.4. The second-order valence-corrected chi connectivity index (χ2v) is 8.79. The molecule has 0 saturated carbocycles. The summed E-state index contributed by atoms with van der Waals surface area (Å²) in [5.74, 6) is 1.28. The molecule has 23 heavy (non-hydrogen) atoms. The van der Waals surface area contributed by atoms with E-state index < -0.39 is 10.0 Å². The van der Waals surface area contributed by atoms with Crippen LogP contribution in [0.25, 0.3) is 0 Å². The molecule has 0 radical (unpaired) electrons. The molecule has 6 nitrogen and oxygen atoms in total. The first-order chi connectivity index (χ1) is 10.6. The summed E-state index contributed by atoms with van der Waals surface area (Å²) in [4.78, 5) is 12.6. The number of amides is 1. The Bertz CT molecular complexity index is 601. The molecule has 0 aromatic carbocycles. The Balaban J connectivity index is 0.00000264. The van der Waals surface area contributed by atoms with E-state index in [0.717, 1.165) is 18.1 Å². The molecule has 0 bridgehead atoms. The van der Waals surface area contributed by atoms with Crippen LogP contribution in [-0.4, -0.2) is 62.9 Å². The van der Waals surface area contributed by atoms with Crippen molar-refractivity contribution >= 4 is 51.4 Å². The van der Waals surface area contributed by atoms with Crippen LogP contribution in [0.15, 0.2) is 16.3 Å². The van der Waals surface area contributed by atoms with Crippen molar-refractivity contribution < 1.29 is 13.2 Å². The van der Waals surface area contributed by atoms with Gasteiger partial charge in [0.05, 0.1) is 0 Å². The zero-order chi connectivity index (χ0) is 16.0. The van der Waals surface area contributed by atoms with Gasteiger partial charge in [0.2, 0.25) is 10.0 Å². The fourth-order valence-corrected chi connectivity index (χ4v) is 6.01. The maximum atomic E-state index is 12.7. The topological polar surface area (TPSA) is 78.5 Å². The maximum absolute atomic E-state index is 12.7. The zero-order valence-electron chi connectivity index (χ0n) is 12.9. The lowest BCUT2D eigenvalue weighted by molar-refractivity contribution is 0.0955. The Morgan fingerprint density at radius 2 is 2.00 bits per heavy atom. The Hall–Kier alpha value is -0.320. The van der Waals surface area contributed by atoms with Crippen LogP contribution in [0, 0.1) is 0 Å². The first kappa shape index (κ1) is 20.7. The van der Waals surface area contributed by atoms with Crippen LogP contribution in [0.1, 0.15) is 16.6 Å². The number of nitrogens with one attached hydrogen (secondary N) is 2. The number of thiophene rings is 1. The quantitative estimate of drug-likeness (QED) is 0.674. The van der Waals surface area contributed by atoms with E-state index in [1.807, 2.05) is 6.92 Å². The number of thioether (sulfide) groups is 1. The summed E-state index contributed by atoms with van der Waals surface area (Å²) in [7, 11) is -3.58. The maximum Gasteiger partial charge on any atom is 0.262 e. The molecule has 2 rings (SSSR count). The lowest BCUT2D eigenvalue weighted by Gasteiger charge is -2.25. The van der Waals surface area contributed by atoms with Gasteiger partial charge >= 0.3 is 0 Å². The summed E-state index contributed by atoms with van der Waals surface area (Å²) in [6.45, 7) is 4.97. The minimum Gasteiger partial charge on any atom is -0.350 e. The van der Waals surface area contributed by atoms with Gasteiger partial charge in [-0.15, -0.1) is 23.7 Å². The number of carbonyl (C=O) groups excluding carboxylic acids is 1. The Morgan fingerprint density at radius 1 is 1.30 bits per heavy atom. The van der Waals surface area contributed by atoms with E-state index in [-0.39, 0.29) is 28.1 Å². The van der Waals surface area contributed by atoms with Gasteiger partial charge in [-0.3, -0.25) is 4.79 Å². The molecule has 1 aliphatic rings. The van der Waals surface area contributed by atoms with Gasteiger partial charge < -0.3 is 10.6 Å². The minimum atomic E-state index is -3.58. The van der Waals surface area contributed by atoms with E-state index in [0.29, 0.717) is 26.2 Å². The zero-order valence-corrected chi connectivity index (χ0v) is 16.2. The van der Waals surface area contributed by atoms with E-state index in [1.54, 1.807) is 17.1 Å². The highest BCUT2D eigenvalue weighted by Gasteiger charge is 2.30. The highest BCUT2D eigenvalue weighted by molar-refractivity contribution is 7.99. The summed E-state index contributed by atoms with van der Waals surface area (Å²) >= 11 is 2.92. The highest BCUT2D eigenvalue weighted by Crippen LogP contribution is 2.26. The molecule has 1 amide bonds. The molecule has 1 saturated heterocycles. The molecule has 0 atom stereocenters. The van der Waals surface area contributed by atoms with Gasteiger partial charge in [-0.2, -0.15) is 16.1 Å². The van der Waals surface area contributed by atoms with Crippen LogP contribution in [0.2, 0.25) is 0 Å². The van der Waals surface area contributed by atoms with Crippen molar-refractivity contribution in [1.29, 1.82) is 0 Å². The first-order valence-corrected chi connectivity index (χ1v) is 10.7. The van der Waals surface area contributed by atoms with Crippen molar-refractivity contribution in [2.45, 2.75) is 11.8 Å². The third-order valence-electron chi connectivity index (χ3n) is 3.26. The molecule has 1 aromatic heterocycles. The Kier molecular flexibility index (Phi) is 8.88. The lowest BCUT2D eigenvalue weighted by Crippen LogP contribution is -2.39. The number of likely N-dealkylation sites (N-methyl/N-ethyl adjacent to an activating group) is 1. The van der Waals surface area contributed by atoms with Crippen LogP contribution >= 0.6 is 35.5 Å². The predicted octanol–water partition coefficient (Wildman–Crippen LogP) is 1.25. The van der Waals surface area contributed by atoms with E-state index in [9.17, 15) is 13.2 Å². The first-order valence-electron chi connectivity index (χ1n) is 7.21. The minimum absolute atomic E-state index is 0. The number of hydrogen-bond donors (Lipinski definition) is 2. The van der Waals surface area contributed by atoms with Gasteiger partial charge in [0.1, 0.15) is 9.77 Å². The number of rotatable bonds is 7. The van der Waals surface area contributed by atoms with Gasteiger partial charge in [0, 0.05) is 37.7 Å². The molecule has 1 aliphatic heterocycles. The molecule has 2 heterocycles. The average Bonchev–Trinajstić information content (AvgIpc) is 3.03. The number of nitrogens with zero attached hydrogens (tertiary/aromatic N) is 1. The number of sulfonamides is 1. The summed E-state index contributed by atoms with van der Waals surface area (Å²) < 4.78 is 26.8. The summed E-state index contributed by atoms with van der Waals surface area (Å²) in [5.41, 5.74) is 0. The smallest absolute Gasteiger partial charge is 0.262 e. The summed E-state index contributed by atoms with van der Waals surface area (Å²) in [6, 6.07) is 1.53. The van der Waals surface area contributed by atoms with Crippen molar-refractivity contribution in [2.24, 2.45) is 0 Å². The molecule has 0 spiro atoms. The Labute approximate surface area is 151 Å². The van der Waals surface area contributed by atoms with Crippen molar-refractivity contribution in [3.63, 3.8) is 0 Å². The predicted molar refractivity (Wildman–Crippen MR) is 98.5 cm³/mol. The van der Waals surface area contributed by atoms with Crippen molar-refractivity contribution in [1.82, 2.24) is 14.9 Å². The summed E-state index contributed by atoms with van der Waals surface area (Å²) in [5, 5.41) is 7.52. The van der Waals surface area contributed by atoms with E-state index in [4.69, 9.17) is 0 Å². The number of carbonyl (C=O) groups is 1. The summed E-state index contributed by atoms with van der Waals surface area (Å²) in [6.07, 6.45) is 0. The molecule has 1 aromatic rings. The van der Waals surface area contributed by atoms with Gasteiger partial charge in [0.25, 0.3) is 5.91 Å². The largest absolute Gasteiger partial charge is 0.350 e. The van der Waals surface area contributed by atoms with Gasteiger partial charge in [-0.1, -0.05) is 6.92 Å². The van der Waals surface area contributed by atoms with Gasteiger partial charge in [0.15, 0.2) is 0 Å². The molecule has 10 heteroatoms.